The van der Waals surface area contributed by atoms with Crippen LogP contribution >= 0.6 is 0 Å². The second kappa shape index (κ2) is 7.31. The predicted octanol–water partition coefficient (Wildman–Crippen LogP) is 1.79. The zero-order valence-electron chi connectivity index (χ0n) is 16.0. The summed E-state index contributed by atoms with van der Waals surface area (Å²) in [6, 6.07) is 2.18. The summed E-state index contributed by atoms with van der Waals surface area (Å²) < 4.78 is 1.74. The summed E-state index contributed by atoms with van der Waals surface area (Å²) in [4.78, 5) is 23.2. The molecule has 1 saturated heterocycles. The van der Waals surface area contributed by atoms with E-state index in [2.05, 4.69) is 44.4 Å². The second-order valence-corrected chi connectivity index (χ2v) is 7.18. The third kappa shape index (κ3) is 3.95. The lowest BCUT2D eigenvalue weighted by Crippen LogP contribution is -2.45. The van der Waals surface area contributed by atoms with E-state index in [1.54, 1.807) is 10.9 Å². The summed E-state index contributed by atoms with van der Waals surface area (Å²) in [5.41, 5.74) is 1.88. The van der Waals surface area contributed by atoms with Gasteiger partial charge in [0.05, 0.1) is 18.3 Å². The Morgan fingerprint density at radius 2 is 2.15 bits per heavy atom. The number of rotatable bonds is 5. The van der Waals surface area contributed by atoms with Crippen LogP contribution in [0.15, 0.2) is 18.5 Å². The highest BCUT2D eigenvalue weighted by Gasteiger charge is 2.31. The number of hydrogen-bond acceptors (Lipinski definition) is 6. The molecule has 3 rings (SSSR count). The number of aryl methyl sites for hydroxylation is 2. The summed E-state index contributed by atoms with van der Waals surface area (Å²) in [6.45, 7) is 6.21. The number of hydrogen-bond donors (Lipinski definition) is 2. The van der Waals surface area contributed by atoms with Gasteiger partial charge in [-0.3, -0.25) is 9.48 Å². The highest BCUT2D eigenvalue weighted by Crippen LogP contribution is 2.27. The molecular formula is C18H27N7O. The average Bonchev–Trinajstić information content (AvgIpc) is 3.01. The normalized spacial score (nSPS) is 20.2. The molecule has 0 aromatic carbocycles. The SMILES string of the molecule is Cc1cc(N(C)C(C)C)nc(N[C@@H]2CCC(=O)N[C@H]2c2cnn(C)c2)n1. The van der Waals surface area contributed by atoms with E-state index in [1.165, 1.54) is 0 Å². The van der Waals surface area contributed by atoms with Crippen molar-refractivity contribution in [2.45, 2.75) is 51.7 Å². The summed E-state index contributed by atoms with van der Waals surface area (Å²) in [6.07, 6.45) is 4.93. The van der Waals surface area contributed by atoms with Gasteiger partial charge in [-0.2, -0.15) is 10.1 Å². The lowest BCUT2D eigenvalue weighted by atomic mass is 9.94. The molecule has 8 nitrogen and oxygen atoms in total. The van der Waals surface area contributed by atoms with Gasteiger partial charge in [0.25, 0.3) is 0 Å². The third-order valence-corrected chi connectivity index (χ3v) is 4.78. The lowest BCUT2D eigenvalue weighted by Gasteiger charge is -2.32. The van der Waals surface area contributed by atoms with E-state index in [9.17, 15) is 4.79 Å². The lowest BCUT2D eigenvalue weighted by molar-refractivity contribution is -0.123. The number of piperidine rings is 1. The molecular weight excluding hydrogens is 330 g/mol. The number of carbonyl (C=O) groups is 1. The quantitative estimate of drug-likeness (QED) is 0.848. The van der Waals surface area contributed by atoms with E-state index in [4.69, 9.17) is 0 Å². The minimum Gasteiger partial charge on any atom is -0.357 e. The Hall–Kier alpha value is -2.64. The van der Waals surface area contributed by atoms with Crippen molar-refractivity contribution in [3.63, 3.8) is 0 Å². The summed E-state index contributed by atoms with van der Waals surface area (Å²) in [5, 5.41) is 10.7. The van der Waals surface area contributed by atoms with Crippen molar-refractivity contribution in [1.82, 2.24) is 25.1 Å². The van der Waals surface area contributed by atoms with Gasteiger partial charge >= 0.3 is 0 Å². The predicted molar refractivity (Wildman–Crippen MR) is 101 cm³/mol. The Kier molecular flexibility index (Phi) is 5.11. The van der Waals surface area contributed by atoms with Crippen LogP contribution in [0.5, 0.6) is 0 Å². The molecule has 1 amide bonds. The standard InChI is InChI=1S/C18H27N7O/c1-11(2)25(5)15-8-12(3)20-18(22-15)21-14-6-7-16(26)23-17(14)13-9-19-24(4)10-13/h8-11,14,17H,6-7H2,1-5H3,(H,23,26)(H,20,21,22)/t14-,17+/m1/s1. The number of carbonyl (C=O) groups excluding carboxylic acids is 1. The van der Waals surface area contributed by atoms with Crippen molar-refractivity contribution in [1.29, 1.82) is 0 Å². The first-order chi connectivity index (χ1) is 12.3. The Morgan fingerprint density at radius 1 is 1.38 bits per heavy atom. The Balaban J connectivity index is 1.85. The number of amides is 1. The van der Waals surface area contributed by atoms with Crippen LogP contribution in [0.2, 0.25) is 0 Å². The zero-order chi connectivity index (χ0) is 18.8. The van der Waals surface area contributed by atoms with Gasteiger partial charge in [-0.1, -0.05) is 0 Å². The number of aromatic nitrogens is 4. The molecule has 8 heteroatoms. The van der Waals surface area contributed by atoms with E-state index in [-0.39, 0.29) is 18.0 Å². The fourth-order valence-electron chi connectivity index (χ4n) is 3.10. The van der Waals surface area contributed by atoms with Crippen LogP contribution in [0, 0.1) is 6.92 Å². The smallest absolute Gasteiger partial charge is 0.225 e. The van der Waals surface area contributed by atoms with E-state index >= 15 is 0 Å². The van der Waals surface area contributed by atoms with E-state index < -0.39 is 0 Å². The molecule has 1 aliphatic rings. The van der Waals surface area contributed by atoms with Crippen molar-refractivity contribution < 1.29 is 4.79 Å². The topological polar surface area (TPSA) is 88.0 Å². The van der Waals surface area contributed by atoms with Crippen LogP contribution in [-0.2, 0) is 11.8 Å². The second-order valence-electron chi connectivity index (χ2n) is 7.18. The Labute approximate surface area is 154 Å². The van der Waals surface area contributed by atoms with Crippen molar-refractivity contribution in [2.75, 3.05) is 17.3 Å². The molecule has 2 atom stereocenters. The van der Waals surface area contributed by atoms with Crippen molar-refractivity contribution in [3.05, 3.63) is 29.7 Å². The molecule has 3 heterocycles. The molecule has 0 aliphatic carbocycles. The van der Waals surface area contributed by atoms with Crippen LogP contribution in [0.25, 0.3) is 0 Å². The van der Waals surface area contributed by atoms with E-state index in [0.717, 1.165) is 23.5 Å². The fourth-order valence-corrected chi connectivity index (χ4v) is 3.10. The molecule has 0 saturated carbocycles. The van der Waals surface area contributed by atoms with Crippen LogP contribution in [0.3, 0.4) is 0 Å². The van der Waals surface area contributed by atoms with Crippen LogP contribution in [0.1, 0.15) is 44.0 Å². The Bertz CT molecular complexity index is 786. The number of nitrogens with zero attached hydrogens (tertiary/aromatic N) is 5. The molecule has 26 heavy (non-hydrogen) atoms. The number of anilines is 2. The van der Waals surface area contributed by atoms with Gasteiger partial charge in [0, 0.05) is 50.1 Å². The highest BCUT2D eigenvalue weighted by molar-refractivity contribution is 5.77. The van der Waals surface area contributed by atoms with Crippen LogP contribution < -0.4 is 15.5 Å². The Morgan fingerprint density at radius 3 is 2.81 bits per heavy atom. The molecule has 0 spiro atoms. The van der Waals surface area contributed by atoms with Crippen LogP contribution in [0.4, 0.5) is 11.8 Å². The molecule has 0 unspecified atom stereocenters. The average molecular weight is 357 g/mol. The maximum atomic E-state index is 11.9. The first-order valence-corrected chi connectivity index (χ1v) is 8.96. The van der Waals surface area contributed by atoms with Gasteiger partial charge in [-0.15, -0.1) is 0 Å². The largest absolute Gasteiger partial charge is 0.357 e. The van der Waals surface area contributed by atoms with Gasteiger partial charge in [0.1, 0.15) is 5.82 Å². The molecule has 0 bridgehead atoms. The van der Waals surface area contributed by atoms with Crippen molar-refractivity contribution in [3.8, 4) is 0 Å². The summed E-state index contributed by atoms with van der Waals surface area (Å²) in [7, 11) is 3.89. The fraction of sp³-hybridized carbons (Fsp3) is 0.556. The van der Waals surface area contributed by atoms with Gasteiger partial charge < -0.3 is 15.5 Å². The van der Waals surface area contributed by atoms with Crippen molar-refractivity contribution >= 4 is 17.7 Å². The minimum absolute atomic E-state index is 0.0101. The first-order valence-electron chi connectivity index (χ1n) is 8.96. The molecule has 1 fully saturated rings. The van der Waals surface area contributed by atoms with Gasteiger partial charge in [0.2, 0.25) is 11.9 Å². The third-order valence-electron chi connectivity index (χ3n) is 4.78. The summed E-state index contributed by atoms with van der Waals surface area (Å²) in [5.74, 6) is 1.53. The highest BCUT2D eigenvalue weighted by atomic mass is 16.1. The molecule has 2 N–H and O–H groups in total. The molecule has 1 aliphatic heterocycles. The van der Waals surface area contributed by atoms with Crippen molar-refractivity contribution in [2.24, 2.45) is 7.05 Å². The zero-order valence-corrected chi connectivity index (χ0v) is 16.0. The monoisotopic (exact) mass is 357 g/mol. The minimum atomic E-state index is -0.152. The summed E-state index contributed by atoms with van der Waals surface area (Å²) >= 11 is 0. The van der Waals surface area contributed by atoms with Gasteiger partial charge in [-0.05, 0) is 27.2 Å². The molecule has 2 aromatic rings. The maximum Gasteiger partial charge on any atom is 0.225 e. The molecule has 0 radical (unpaired) electrons. The van der Waals surface area contributed by atoms with Gasteiger partial charge in [0.15, 0.2) is 0 Å². The molecule has 2 aromatic heterocycles. The van der Waals surface area contributed by atoms with Crippen LogP contribution in [-0.4, -0.2) is 44.8 Å². The molecule has 140 valence electrons. The number of nitrogens with one attached hydrogen (secondary N) is 2. The maximum absolute atomic E-state index is 11.9. The first kappa shape index (κ1) is 18.2. The van der Waals surface area contributed by atoms with E-state index in [0.29, 0.717) is 18.4 Å². The van der Waals surface area contributed by atoms with Gasteiger partial charge in [-0.25, -0.2) is 4.98 Å². The van der Waals surface area contributed by atoms with E-state index in [1.807, 2.05) is 33.3 Å².